The Morgan fingerprint density at radius 1 is 0.255 bits per heavy atom. The Bertz CT molecular complexity index is 1230. The van der Waals surface area contributed by atoms with Crippen LogP contribution >= 0.6 is 336 Å². The first-order chi connectivity index (χ1) is 19.7. The molecule has 0 heterocycles. The van der Waals surface area contributed by atoms with E-state index < -0.39 is 71.3 Å². The van der Waals surface area contributed by atoms with Gasteiger partial charge in [0.05, 0.1) is 0 Å². The molecule has 0 N–H and O–H groups in total. The maximum absolute atomic E-state index is 11.1. The molecule has 0 aliphatic heterocycles. The Hall–Kier alpha value is 8.32. The lowest BCUT2D eigenvalue weighted by molar-refractivity contribution is 0.223. The second-order valence-electron chi connectivity index (χ2n) is 8.22. The first kappa shape index (κ1) is 55.3. The van der Waals surface area contributed by atoms with Crippen molar-refractivity contribution in [2.45, 2.75) is 60.3 Å². The van der Waals surface area contributed by atoms with E-state index in [0.717, 1.165) is 0 Å². The quantitative estimate of drug-likeness (QED) is 0.139. The van der Waals surface area contributed by atoms with Crippen LogP contribution in [0, 0.1) is 0 Å². The minimum atomic E-state index is -3.94. The topological polar surface area (TPSA) is 43.4 Å². The lowest BCUT2D eigenvalue weighted by Crippen LogP contribution is -2.75. The standard InChI is InChI=1S/C14HCl29O3S/c15-1(16,3(19,20)5(23,24)7(27,28)9(31,32)11(35,36)13(39,40)41)2(17,18)4(21,22)6(25,26)8(29,30)10(33,34)12(37,38)14(42,43)46-47(44)45/h47H. The molecule has 0 aliphatic carbocycles. The lowest BCUT2D eigenvalue weighted by Gasteiger charge is -2.58. The highest BCUT2D eigenvalue weighted by molar-refractivity contribution is 7.67. The van der Waals surface area contributed by atoms with Gasteiger partial charge in [-0.25, -0.2) is 12.6 Å². The summed E-state index contributed by atoms with van der Waals surface area (Å²) in [6.45, 7) is 0. The van der Waals surface area contributed by atoms with Crippen LogP contribution in [0.2, 0.25) is 0 Å². The number of halogens is 29. The molecule has 0 saturated carbocycles. The van der Waals surface area contributed by atoms with Gasteiger partial charge in [-0.15, -0.1) is 0 Å². The van der Waals surface area contributed by atoms with E-state index in [2.05, 4.69) is 4.18 Å². The van der Waals surface area contributed by atoms with Crippen LogP contribution in [-0.2, 0) is 15.2 Å². The molecule has 0 aromatic rings. The maximum Gasteiger partial charge on any atom is 0.270 e. The third-order valence-corrected chi connectivity index (χ3v) is 26.3. The summed E-state index contributed by atoms with van der Waals surface area (Å²) in [5.74, 6) is 0. The zero-order valence-electron chi connectivity index (χ0n) is 19.6. The van der Waals surface area contributed by atoms with Gasteiger partial charge in [-0.3, -0.25) is 0 Å². The van der Waals surface area contributed by atoms with Crippen molar-refractivity contribution < 1.29 is 12.6 Å². The smallest absolute Gasteiger partial charge is 0.229 e. The average Bonchev–Trinajstić information content (AvgIpc) is 2.80. The Morgan fingerprint density at radius 3 is 0.553 bits per heavy atom. The number of rotatable bonds is 14. The lowest BCUT2D eigenvalue weighted by atomic mass is 9.98. The predicted molar refractivity (Wildman–Crippen MR) is 219 cm³/mol. The molecule has 284 valence electrons. The van der Waals surface area contributed by atoms with E-state index in [4.69, 9.17) is 336 Å². The van der Waals surface area contributed by atoms with Crippen molar-refractivity contribution in [2.24, 2.45) is 0 Å². The molecule has 0 radical (unpaired) electrons. The van der Waals surface area contributed by atoms with Crippen LogP contribution in [0.1, 0.15) is 0 Å². The van der Waals surface area contributed by atoms with Gasteiger partial charge in [0, 0.05) is 0 Å². The van der Waals surface area contributed by atoms with E-state index in [-0.39, 0.29) is 0 Å². The van der Waals surface area contributed by atoms with Gasteiger partial charge in [0.2, 0.25) is 12.5 Å². The molecular weight excluding hydrogens is 1280 g/mol. The van der Waals surface area contributed by atoms with Gasteiger partial charge in [-0.05, 0) is 0 Å². The average molecular weight is 1280 g/mol. The second kappa shape index (κ2) is 16.6. The molecule has 3 nitrogen and oxygen atoms in total. The zero-order valence-corrected chi connectivity index (χ0v) is 42.4. The highest BCUT2D eigenvalue weighted by atomic mass is 35.6. The number of hydrogen-bond acceptors (Lipinski definition) is 3. The molecule has 0 bridgehead atoms. The van der Waals surface area contributed by atoms with Crippen molar-refractivity contribution in [2.75, 3.05) is 0 Å². The van der Waals surface area contributed by atoms with Crippen LogP contribution < -0.4 is 0 Å². The van der Waals surface area contributed by atoms with Gasteiger partial charge in [0.15, 0.2) is 43.3 Å². The zero-order chi connectivity index (χ0) is 39.3. The first-order valence-electron chi connectivity index (χ1n) is 9.48. The van der Waals surface area contributed by atoms with Crippen LogP contribution in [0.25, 0.3) is 0 Å². The fraction of sp³-hybridized carbons (Fsp3) is 1.00. The third-order valence-electron chi connectivity index (χ3n) is 5.25. The minimum absolute atomic E-state index is 2.84. The van der Waals surface area contributed by atoms with Gasteiger partial charge in [0.1, 0.15) is 0 Å². The maximum atomic E-state index is 11.1. The normalized spacial score (nSPS) is 17.1. The fourth-order valence-corrected chi connectivity index (χ4v) is 12.7. The van der Waals surface area contributed by atoms with Crippen molar-refractivity contribution in [1.29, 1.82) is 0 Å². The molecule has 0 aliphatic rings. The van der Waals surface area contributed by atoms with Gasteiger partial charge < -0.3 is 0 Å². The van der Waals surface area contributed by atoms with Crippen molar-refractivity contribution in [1.82, 2.24) is 0 Å². The molecule has 0 atom stereocenters. The Kier molecular flexibility index (Phi) is 19.6. The summed E-state index contributed by atoms with van der Waals surface area (Å²) in [7, 11) is -3.94. The molecule has 0 unspecified atom stereocenters. The third kappa shape index (κ3) is 8.76. The number of thiol groups is 1. The van der Waals surface area contributed by atoms with E-state index in [1.54, 1.807) is 0 Å². The fourth-order valence-electron chi connectivity index (χ4n) is 2.48. The monoisotopic (exact) mass is 1260 g/mol. The number of hydrogen-bond donors (Lipinski definition) is 1. The SMILES string of the molecule is O=[SH](=O)OC(Cl)(Cl)C(Cl)(Cl)C(Cl)(Cl)C(Cl)(Cl)C(Cl)(Cl)C(Cl)(Cl)C(Cl)(Cl)C(Cl)(Cl)C(Cl)(Cl)C(Cl)(Cl)C(Cl)(Cl)C(Cl)(Cl)C(Cl)(Cl)C(Cl)(Cl)Cl. The molecule has 0 rings (SSSR count). The highest BCUT2D eigenvalue weighted by Gasteiger charge is 2.86. The number of alkyl halides is 29. The van der Waals surface area contributed by atoms with Gasteiger partial charge >= 0.3 is 0 Å². The highest BCUT2D eigenvalue weighted by Crippen LogP contribution is 2.77. The summed E-state index contributed by atoms with van der Waals surface area (Å²) in [6, 6.07) is 0. The van der Waals surface area contributed by atoms with Gasteiger partial charge in [-0.1, -0.05) is 336 Å². The molecular formula is C14HCl29O3S. The minimum Gasteiger partial charge on any atom is -0.229 e. The summed E-state index contributed by atoms with van der Waals surface area (Å²) in [5.41, 5.74) is 0. The van der Waals surface area contributed by atoms with Crippen LogP contribution in [0.15, 0.2) is 0 Å². The molecule has 0 fully saturated rings. The van der Waals surface area contributed by atoms with E-state index >= 15 is 0 Å². The van der Waals surface area contributed by atoms with Gasteiger partial charge in [-0.2, -0.15) is 0 Å². The van der Waals surface area contributed by atoms with Crippen molar-refractivity contribution in [3.63, 3.8) is 0 Å². The van der Waals surface area contributed by atoms with Crippen molar-refractivity contribution in [3.8, 4) is 0 Å². The van der Waals surface area contributed by atoms with Crippen LogP contribution in [-0.4, -0.2) is 68.7 Å². The Labute approximate surface area is 413 Å². The van der Waals surface area contributed by atoms with E-state index in [1.807, 2.05) is 0 Å². The summed E-state index contributed by atoms with van der Waals surface area (Å²) in [4.78, 5) is 0. The summed E-state index contributed by atoms with van der Waals surface area (Å²) < 4.78 is -21.2. The van der Waals surface area contributed by atoms with E-state index in [1.165, 1.54) is 0 Å². The molecule has 0 amide bonds. The predicted octanol–water partition coefficient (Wildman–Crippen LogP) is 16.1. The molecule has 0 aromatic carbocycles. The van der Waals surface area contributed by atoms with Crippen LogP contribution in [0.5, 0.6) is 0 Å². The summed E-state index contributed by atoms with van der Waals surface area (Å²) >= 11 is 180. The molecule has 47 heavy (non-hydrogen) atoms. The van der Waals surface area contributed by atoms with Crippen LogP contribution in [0.3, 0.4) is 0 Å². The molecule has 0 aromatic heterocycles. The van der Waals surface area contributed by atoms with Gasteiger partial charge in [0.25, 0.3) is 15.5 Å². The Balaban J connectivity index is 7.57. The van der Waals surface area contributed by atoms with Crippen molar-refractivity contribution >= 4 is 347 Å². The largest absolute Gasteiger partial charge is 0.270 e. The molecule has 0 saturated heterocycles. The molecule has 0 spiro atoms. The second-order valence-corrected chi connectivity index (χ2v) is 28.3. The summed E-state index contributed by atoms with van der Waals surface area (Å²) in [5, 5.41) is 0. The van der Waals surface area contributed by atoms with E-state index in [9.17, 15) is 8.42 Å². The molecule has 33 heteroatoms. The first-order valence-corrected chi connectivity index (χ1v) is 21.5. The summed E-state index contributed by atoms with van der Waals surface area (Å²) in [6.07, 6.45) is 0. The Morgan fingerprint density at radius 2 is 0.404 bits per heavy atom. The van der Waals surface area contributed by atoms with Crippen LogP contribution in [0.4, 0.5) is 0 Å². The van der Waals surface area contributed by atoms with Crippen molar-refractivity contribution in [3.05, 3.63) is 0 Å². The van der Waals surface area contributed by atoms with E-state index in [0.29, 0.717) is 0 Å².